The zero-order valence-electron chi connectivity index (χ0n) is 12.0. The van der Waals surface area contributed by atoms with E-state index in [0.717, 1.165) is 12.0 Å². The fourth-order valence-corrected chi connectivity index (χ4v) is 1.97. The zero-order chi connectivity index (χ0) is 14.5. The molecule has 104 valence electrons. The second kappa shape index (κ2) is 6.28. The van der Waals surface area contributed by atoms with E-state index in [-0.39, 0.29) is 11.9 Å². The molecule has 0 unspecified atom stereocenters. The van der Waals surface area contributed by atoms with Crippen LogP contribution in [0.5, 0.6) is 5.75 Å². The number of hydrogen-bond donors (Lipinski definition) is 0. The molecule has 0 saturated carbocycles. The van der Waals surface area contributed by atoms with Crippen LogP contribution in [0.15, 0.2) is 36.9 Å². The van der Waals surface area contributed by atoms with Crippen LogP contribution in [0.1, 0.15) is 42.3 Å². The van der Waals surface area contributed by atoms with Gasteiger partial charge < -0.3 is 4.74 Å². The number of ketones is 1. The third kappa shape index (κ3) is 3.20. The molecule has 0 aliphatic carbocycles. The van der Waals surface area contributed by atoms with Crippen LogP contribution in [-0.2, 0) is 6.42 Å². The van der Waals surface area contributed by atoms with Crippen molar-refractivity contribution >= 4 is 5.78 Å². The molecule has 0 atom stereocenters. The van der Waals surface area contributed by atoms with Gasteiger partial charge in [-0.15, -0.1) is 0 Å². The summed E-state index contributed by atoms with van der Waals surface area (Å²) in [6.45, 7) is 5.88. The number of ether oxygens (including phenoxy) is 1. The van der Waals surface area contributed by atoms with E-state index in [1.54, 1.807) is 36.9 Å². The highest BCUT2D eigenvalue weighted by molar-refractivity contribution is 6.09. The summed E-state index contributed by atoms with van der Waals surface area (Å²) in [5.74, 6) is 0.559. The van der Waals surface area contributed by atoms with Crippen molar-refractivity contribution in [2.24, 2.45) is 0 Å². The number of rotatable bonds is 5. The van der Waals surface area contributed by atoms with Crippen LogP contribution in [0.25, 0.3) is 0 Å². The van der Waals surface area contributed by atoms with E-state index in [1.165, 1.54) is 0 Å². The molecule has 2 aromatic heterocycles. The molecule has 4 heteroatoms. The fraction of sp³-hybridized carbons (Fsp3) is 0.312. The molecular weight excluding hydrogens is 252 g/mol. The van der Waals surface area contributed by atoms with E-state index in [0.29, 0.717) is 16.9 Å². The number of nitrogens with zero attached hydrogens (tertiary/aromatic N) is 2. The summed E-state index contributed by atoms with van der Waals surface area (Å²) in [7, 11) is 0. The molecule has 0 fully saturated rings. The maximum absolute atomic E-state index is 12.5. The molecule has 0 radical (unpaired) electrons. The van der Waals surface area contributed by atoms with E-state index < -0.39 is 0 Å². The topological polar surface area (TPSA) is 52.1 Å². The normalized spacial score (nSPS) is 10.6. The van der Waals surface area contributed by atoms with Crippen molar-refractivity contribution in [1.82, 2.24) is 9.97 Å². The van der Waals surface area contributed by atoms with Crippen LogP contribution in [0.4, 0.5) is 0 Å². The van der Waals surface area contributed by atoms with E-state index in [1.807, 2.05) is 20.8 Å². The van der Waals surface area contributed by atoms with Crippen LogP contribution in [-0.4, -0.2) is 21.9 Å². The number of carbonyl (C=O) groups excluding carboxylic acids is 1. The van der Waals surface area contributed by atoms with Gasteiger partial charge in [0.15, 0.2) is 5.78 Å². The second-order valence-electron chi connectivity index (χ2n) is 4.79. The molecule has 0 bridgehead atoms. The van der Waals surface area contributed by atoms with Crippen LogP contribution >= 0.6 is 0 Å². The summed E-state index contributed by atoms with van der Waals surface area (Å²) < 4.78 is 5.57. The molecule has 4 nitrogen and oxygen atoms in total. The second-order valence-corrected chi connectivity index (χ2v) is 4.79. The molecule has 0 N–H and O–H groups in total. The smallest absolute Gasteiger partial charge is 0.195 e. The number of hydrogen-bond acceptors (Lipinski definition) is 4. The summed E-state index contributed by atoms with van der Waals surface area (Å²) in [6.07, 6.45) is 7.36. The first-order valence-electron chi connectivity index (χ1n) is 6.71. The van der Waals surface area contributed by atoms with Gasteiger partial charge in [-0.25, -0.2) is 0 Å². The van der Waals surface area contributed by atoms with Gasteiger partial charge >= 0.3 is 0 Å². The highest BCUT2D eigenvalue weighted by Crippen LogP contribution is 2.18. The predicted molar refractivity (Wildman–Crippen MR) is 77.0 cm³/mol. The molecule has 2 rings (SSSR count). The maximum Gasteiger partial charge on any atom is 0.195 e. The van der Waals surface area contributed by atoms with Crippen molar-refractivity contribution in [3.63, 3.8) is 0 Å². The molecule has 2 heterocycles. The third-order valence-corrected chi connectivity index (χ3v) is 2.88. The predicted octanol–water partition coefficient (Wildman–Crippen LogP) is 3.06. The Morgan fingerprint density at radius 3 is 2.75 bits per heavy atom. The maximum atomic E-state index is 12.5. The molecule has 0 aliphatic rings. The van der Waals surface area contributed by atoms with Gasteiger partial charge in [0.1, 0.15) is 5.75 Å². The largest absolute Gasteiger partial charge is 0.489 e. The Morgan fingerprint density at radius 2 is 2.05 bits per heavy atom. The van der Waals surface area contributed by atoms with Gasteiger partial charge in [-0.3, -0.25) is 14.8 Å². The molecular formula is C16H18N2O2. The van der Waals surface area contributed by atoms with Gasteiger partial charge in [-0.2, -0.15) is 0 Å². The van der Waals surface area contributed by atoms with E-state index >= 15 is 0 Å². The lowest BCUT2D eigenvalue weighted by Crippen LogP contribution is -2.09. The van der Waals surface area contributed by atoms with Crippen molar-refractivity contribution in [3.05, 3.63) is 53.6 Å². The average molecular weight is 270 g/mol. The minimum absolute atomic E-state index is 0.0500. The first-order chi connectivity index (χ1) is 9.61. The molecule has 20 heavy (non-hydrogen) atoms. The fourth-order valence-electron chi connectivity index (χ4n) is 1.97. The molecule has 0 spiro atoms. The Morgan fingerprint density at radius 1 is 1.25 bits per heavy atom. The summed E-state index contributed by atoms with van der Waals surface area (Å²) in [5.41, 5.74) is 2.14. The SMILES string of the molecule is CCc1cnccc1C(=O)c1cncc(OC(C)C)c1. The molecule has 0 amide bonds. The van der Waals surface area contributed by atoms with Gasteiger partial charge in [0.05, 0.1) is 12.3 Å². The van der Waals surface area contributed by atoms with Crippen molar-refractivity contribution in [3.8, 4) is 5.75 Å². The summed E-state index contributed by atoms with van der Waals surface area (Å²) in [6, 6.07) is 3.48. The van der Waals surface area contributed by atoms with Crippen LogP contribution in [0.2, 0.25) is 0 Å². The molecule has 0 saturated heterocycles. The van der Waals surface area contributed by atoms with E-state index in [2.05, 4.69) is 9.97 Å². The number of carbonyl (C=O) groups is 1. The first-order valence-corrected chi connectivity index (χ1v) is 6.71. The molecule has 0 aromatic carbocycles. The minimum Gasteiger partial charge on any atom is -0.489 e. The average Bonchev–Trinajstić information content (AvgIpc) is 2.46. The van der Waals surface area contributed by atoms with Crippen molar-refractivity contribution in [1.29, 1.82) is 0 Å². The standard InChI is InChI=1S/C16H18N2O2/c1-4-12-8-17-6-5-15(12)16(19)13-7-14(10-18-9-13)20-11(2)3/h5-11H,4H2,1-3H3. The molecule has 0 aliphatic heterocycles. The van der Waals surface area contributed by atoms with Gasteiger partial charge in [-0.1, -0.05) is 6.92 Å². The zero-order valence-corrected chi connectivity index (χ0v) is 12.0. The van der Waals surface area contributed by atoms with Gasteiger partial charge in [-0.05, 0) is 38.0 Å². The van der Waals surface area contributed by atoms with Crippen LogP contribution in [0.3, 0.4) is 0 Å². The van der Waals surface area contributed by atoms with Crippen molar-refractivity contribution in [2.45, 2.75) is 33.3 Å². The number of pyridine rings is 2. The Hall–Kier alpha value is -2.23. The van der Waals surface area contributed by atoms with Gasteiger partial charge in [0, 0.05) is 29.7 Å². The highest BCUT2D eigenvalue weighted by Gasteiger charge is 2.14. The Balaban J connectivity index is 2.33. The third-order valence-electron chi connectivity index (χ3n) is 2.88. The first kappa shape index (κ1) is 14.2. The van der Waals surface area contributed by atoms with Crippen molar-refractivity contribution < 1.29 is 9.53 Å². The molecule has 2 aromatic rings. The van der Waals surface area contributed by atoms with E-state index in [9.17, 15) is 4.79 Å². The van der Waals surface area contributed by atoms with Crippen LogP contribution < -0.4 is 4.74 Å². The highest BCUT2D eigenvalue weighted by atomic mass is 16.5. The minimum atomic E-state index is -0.0500. The number of aryl methyl sites for hydroxylation is 1. The van der Waals surface area contributed by atoms with Gasteiger partial charge in [0.2, 0.25) is 0 Å². The van der Waals surface area contributed by atoms with Crippen LogP contribution in [0, 0.1) is 0 Å². The summed E-state index contributed by atoms with van der Waals surface area (Å²) in [4.78, 5) is 20.7. The Labute approximate surface area is 118 Å². The monoisotopic (exact) mass is 270 g/mol. The quantitative estimate of drug-likeness (QED) is 0.783. The van der Waals surface area contributed by atoms with E-state index in [4.69, 9.17) is 4.74 Å². The Bertz CT molecular complexity index is 609. The van der Waals surface area contributed by atoms with Gasteiger partial charge in [0.25, 0.3) is 0 Å². The van der Waals surface area contributed by atoms with Crippen molar-refractivity contribution in [2.75, 3.05) is 0 Å². The lowest BCUT2D eigenvalue weighted by atomic mass is 10.00. The summed E-state index contributed by atoms with van der Waals surface area (Å²) >= 11 is 0. The lowest BCUT2D eigenvalue weighted by molar-refractivity contribution is 0.103. The lowest BCUT2D eigenvalue weighted by Gasteiger charge is -2.10. The summed E-state index contributed by atoms with van der Waals surface area (Å²) in [5, 5.41) is 0. The Kier molecular flexibility index (Phi) is 4.45. The number of aromatic nitrogens is 2.